The zero-order valence-corrected chi connectivity index (χ0v) is 9.29. The zero-order chi connectivity index (χ0) is 12.3. The van der Waals surface area contributed by atoms with Gasteiger partial charge in [0.1, 0.15) is 18.2 Å². The fourth-order valence-corrected chi connectivity index (χ4v) is 1.85. The van der Waals surface area contributed by atoms with Gasteiger partial charge in [-0.1, -0.05) is 0 Å². The van der Waals surface area contributed by atoms with Crippen LogP contribution in [0.5, 0.6) is 5.75 Å². The number of rotatable bonds is 4. The molecule has 0 saturated heterocycles. The Labute approximate surface area is 94.2 Å². The molecule has 0 fully saturated rings. The molecule has 16 heavy (non-hydrogen) atoms. The molecule has 0 radical (unpaired) electrons. The van der Waals surface area contributed by atoms with E-state index in [9.17, 15) is 21.6 Å². The summed E-state index contributed by atoms with van der Waals surface area (Å²) in [5.74, 6) is -3.74. The van der Waals surface area contributed by atoms with E-state index in [1.807, 2.05) is 0 Å². The van der Waals surface area contributed by atoms with Gasteiger partial charge in [0.05, 0.1) is 0 Å². The van der Waals surface area contributed by atoms with E-state index in [4.69, 9.17) is 10.7 Å². The van der Waals surface area contributed by atoms with Gasteiger partial charge in [0, 0.05) is 10.7 Å². The van der Waals surface area contributed by atoms with Gasteiger partial charge >= 0.3 is 0 Å². The fraction of sp³-hybridized carbons (Fsp3) is 0.250. The van der Waals surface area contributed by atoms with Crippen LogP contribution in [0.3, 0.4) is 0 Å². The van der Waals surface area contributed by atoms with Crippen LogP contribution in [0.25, 0.3) is 0 Å². The largest absolute Gasteiger partial charge is 0.488 e. The molecule has 0 aromatic heterocycles. The maximum atomic E-state index is 13.2. The summed E-state index contributed by atoms with van der Waals surface area (Å²) >= 11 is 0. The van der Waals surface area contributed by atoms with E-state index in [0.29, 0.717) is 0 Å². The van der Waals surface area contributed by atoms with Crippen molar-refractivity contribution in [3.63, 3.8) is 0 Å². The van der Waals surface area contributed by atoms with Crippen LogP contribution in [0.1, 0.15) is 0 Å². The van der Waals surface area contributed by atoms with Crippen LogP contribution in [-0.4, -0.2) is 21.7 Å². The highest BCUT2D eigenvalue weighted by Crippen LogP contribution is 2.27. The first kappa shape index (κ1) is 13.1. The van der Waals surface area contributed by atoms with Crippen molar-refractivity contribution >= 4 is 19.7 Å². The number of ether oxygens (including phenoxy) is 1. The first-order chi connectivity index (χ1) is 7.38. The molecular weight excluding hydrogens is 269 g/mol. The number of benzene rings is 1. The summed E-state index contributed by atoms with van der Waals surface area (Å²) < 4.78 is 64.1. The lowest BCUT2D eigenvalue weighted by atomic mass is 10.3. The quantitative estimate of drug-likeness (QED) is 0.791. The molecule has 0 spiro atoms. The molecule has 0 aliphatic rings. The minimum atomic E-state index is -4.37. The third-order valence-corrected chi connectivity index (χ3v) is 2.95. The van der Waals surface area contributed by atoms with E-state index >= 15 is 0 Å². The summed E-state index contributed by atoms with van der Waals surface area (Å²) in [6, 6.07) is 1.61. The van der Waals surface area contributed by atoms with Gasteiger partial charge < -0.3 is 4.74 Å². The van der Waals surface area contributed by atoms with Crippen molar-refractivity contribution in [1.82, 2.24) is 0 Å². The summed E-state index contributed by atoms with van der Waals surface area (Å²) in [6.07, 6.45) is 0. The topological polar surface area (TPSA) is 43.4 Å². The Kier molecular flexibility index (Phi) is 4.03. The predicted molar refractivity (Wildman–Crippen MR) is 50.9 cm³/mol. The van der Waals surface area contributed by atoms with E-state index in [1.54, 1.807) is 0 Å². The fourth-order valence-electron chi connectivity index (χ4n) is 0.962. The van der Waals surface area contributed by atoms with Gasteiger partial charge in [0.2, 0.25) is 5.82 Å². The van der Waals surface area contributed by atoms with Crippen LogP contribution in [0.4, 0.5) is 13.2 Å². The Bertz CT molecular complexity index is 490. The molecule has 0 aliphatic heterocycles. The van der Waals surface area contributed by atoms with Gasteiger partial charge in [0.25, 0.3) is 9.05 Å². The Balaban J connectivity index is 3.19. The SMILES string of the molecule is O=S(=O)(Cl)c1ccc(OCCF)c(F)c1F. The monoisotopic (exact) mass is 274 g/mol. The van der Waals surface area contributed by atoms with E-state index in [2.05, 4.69) is 4.74 Å². The van der Waals surface area contributed by atoms with Gasteiger partial charge in [-0.2, -0.15) is 4.39 Å². The standard InChI is InChI=1S/C8H6ClF3O3S/c9-16(13,14)6-2-1-5(15-4-3-10)7(11)8(6)12/h1-2H,3-4H2. The van der Waals surface area contributed by atoms with Crippen molar-refractivity contribution < 1.29 is 26.3 Å². The molecule has 0 aliphatic carbocycles. The summed E-state index contributed by atoms with van der Waals surface area (Å²) in [7, 11) is 0.492. The van der Waals surface area contributed by atoms with Crippen molar-refractivity contribution in [3.05, 3.63) is 23.8 Å². The van der Waals surface area contributed by atoms with E-state index in [1.165, 1.54) is 0 Å². The van der Waals surface area contributed by atoms with Crippen LogP contribution in [0, 0.1) is 11.6 Å². The van der Waals surface area contributed by atoms with Crippen LogP contribution in [0.15, 0.2) is 17.0 Å². The average molecular weight is 275 g/mol. The third-order valence-electron chi connectivity index (χ3n) is 1.61. The lowest BCUT2D eigenvalue weighted by Crippen LogP contribution is -2.04. The molecule has 3 nitrogen and oxygen atoms in total. The zero-order valence-electron chi connectivity index (χ0n) is 7.71. The van der Waals surface area contributed by atoms with E-state index < -0.39 is 44.6 Å². The highest BCUT2D eigenvalue weighted by Gasteiger charge is 2.22. The summed E-state index contributed by atoms with van der Waals surface area (Å²) in [6.45, 7) is -1.33. The molecule has 8 heteroatoms. The minimum absolute atomic E-state index is 0.455. The van der Waals surface area contributed by atoms with E-state index in [-0.39, 0.29) is 0 Å². The Hall–Kier alpha value is -0.950. The van der Waals surface area contributed by atoms with Gasteiger partial charge in [0.15, 0.2) is 11.6 Å². The molecule has 0 N–H and O–H groups in total. The van der Waals surface area contributed by atoms with Gasteiger partial charge in [-0.05, 0) is 12.1 Å². The van der Waals surface area contributed by atoms with Gasteiger partial charge in [-0.25, -0.2) is 17.2 Å². The van der Waals surface area contributed by atoms with Crippen molar-refractivity contribution in [2.24, 2.45) is 0 Å². The second-order valence-corrected chi connectivity index (χ2v) is 5.20. The second kappa shape index (κ2) is 4.92. The van der Waals surface area contributed by atoms with Crippen molar-refractivity contribution in [2.75, 3.05) is 13.3 Å². The Morgan fingerprint density at radius 3 is 2.38 bits per heavy atom. The van der Waals surface area contributed by atoms with Crippen LogP contribution < -0.4 is 4.74 Å². The number of hydrogen-bond donors (Lipinski definition) is 0. The Morgan fingerprint density at radius 1 is 1.25 bits per heavy atom. The number of halogens is 4. The maximum absolute atomic E-state index is 13.2. The number of alkyl halides is 1. The van der Waals surface area contributed by atoms with E-state index in [0.717, 1.165) is 12.1 Å². The summed E-state index contributed by atoms with van der Waals surface area (Å²) in [5, 5.41) is 0. The molecular formula is C8H6ClF3O3S. The van der Waals surface area contributed by atoms with Crippen LogP contribution in [-0.2, 0) is 9.05 Å². The van der Waals surface area contributed by atoms with Crippen molar-refractivity contribution in [3.8, 4) is 5.75 Å². The molecule has 0 bridgehead atoms. The first-order valence-electron chi connectivity index (χ1n) is 3.99. The van der Waals surface area contributed by atoms with Gasteiger partial charge in [-0.3, -0.25) is 0 Å². The van der Waals surface area contributed by atoms with Crippen LogP contribution in [0.2, 0.25) is 0 Å². The van der Waals surface area contributed by atoms with Crippen LogP contribution >= 0.6 is 10.7 Å². The summed E-state index contributed by atoms with van der Waals surface area (Å²) in [4.78, 5) is -0.987. The molecule has 0 amide bonds. The smallest absolute Gasteiger partial charge is 0.264 e. The van der Waals surface area contributed by atoms with Crippen molar-refractivity contribution in [1.29, 1.82) is 0 Å². The molecule has 0 heterocycles. The lowest BCUT2D eigenvalue weighted by molar-refractivity contribution is 0.258. The number of hydrogen-bond acceptors (Lipinski definition) is 3. The normalized spacial score (nSPS) is 11.5. The highest BCUT2D eigenvalue weighted by molar-refractivity contribution is 8.13. The molecule has 0 unspecified atom stereocenters. The molecule has 0 saturated carbocycles. The molecule has 90 valence electrons. The van der Waals surface area contributed by atoms with Crippen molar-refractivity contribution in [2.45, 2.75) is 4.90 Å². The second-order valence-electron chi connectivity index (χ2n) is 2.67. The third kappa shape index (κ3) is 2.79. The molecule has 1 aromatic carbocycles. The average Bonchev–Trinajstić information content (AvgIpc) is 2.18. The maximum Gasteiger partial charge on any atom is 0.264 e. The Morgan fingerprint density at radius 2 is 1.88 bits per heavy atom. The molecule has 0 atom stereocenters. The molecule has 1 rings (SSSR count). The molecule has 1 aromatic rings. The highest BCUT2D eigenvalue weighted by atomic mass is 35.7. The predicted octanol–water partition coefficient (Wildman–Crippen LogP) is 2.24. The lowest BCUT2D eigenvalue weighted by Gasteiger charge is -2.07. The summed E-state index contributed by atoms with van der Waals surface area (Å²) in [5.41, 5.74) is 0. The minimum Gasteiger partial charge on any atom is -0.488 e. The first-order valence-corrected chi connectivity index (χ1v) is 6.30. The van der Waals surface area contributed by atoms with Gasteiger partial charge in [-0.15, -0.1) is 0 Å².